The SMILES string of the molecule is CC(C)C(=O)C1CC(=O)N(CCc2cccs2)C1. The molecule has 1 saturated heterocycles. The first-order chi connectivity index (χ1) is 8.58. The molecular weight excluding hydrogens is 246 g/mol. The van der Waals surface area contributed by atoms with Crippen LogP contribution in [0.1, 0.15) is 25.1 Å². The van der Waals surface area contributed by atoms with E-state index in [2.05, 4.69) is 6.07 Å². The average molecular weight is 265 g/mol. The predicted octanol–water partition coefficient (Wildman–Crippen LogP) is 2.36. The van der Waals surface area contributed by atoms with Crippen molar-refractivity contribution in [2.75, 3.05) is 13.1 Å². The molecule has 1 amide bonds. The van der Waals surface area contributed by atoms with E-state index in [0.29, 0.717) is 13.0 Å². The summed E-state index contributed by atoms with van der Waals surface area (Å²) in [7, 11) is 0. The van der Waals surface area contributed by atoms with Crippen LogP contribution in [-0.4, -0.2) is 29.7 Å². The third kappa shape index (κ3) is 2.99. The number of rotatable bonds is 5. The summed E-state index contributed by atoms with van der Waals surface area (Å²) < 4.78 is 0. The fraction of sp³-hybridized carbons (Fsp3) is 0.571. The molecule has 1 aromatic heterocycles. The van der Waals surface area contributed by atoms with Crippen LogP contribution in [0.4, 0.5) is 0 Å². The molecule has 1 fully saturated rings. The van der Waals surface area contributed by atoms with Gasteiger partial charge in [-0.3, -0.25) is 9.59 Å². The number of carbonyl (C=O) groups is 2. The van der Waals surface area contributed by atoms with E-state index in [9.17, 15) is 9.59 Å². The fourth-order valence-electron chi connectivity index (χ4n) is 2.35. The summed E-state index contributed by atoms with van der Waals surface area (Å²) in [6.07, 6.45) is 1.30. The zero-order valence-corrected chi connectivity index (χ0v) is 11.7. The van der Waals surface area contributed by atoms with Crippen LogP contribution >= 0.6 is 11.3 Å². The lowest BCUT2D eigenvalue weighted by Gasteiger charge is -2.16. The average Bonchev–Trinajstić information content (AvgIpc) is 2.95. The third-order valence-corrected chi connectivity index (χ3v) is 4.33. The van der Waals surface area contributed by atoms with E-state index in [4.69, 9.17) is 0 Å². The van der Waals surface area contributed by atoms with Crippen LogP contribution in [0.2, 0.25) is 0 Å². The largest absolute Gasteiger partial charge is 0.342 e. The van der Waals surface area contributed by atoms with Gasteiger partial charge in [-0.2, -0.15) is 0 Å². The lowest BCUT2D eigenvalue weighted by molar-refractivity contribution is -0.129. The fourth-order valence-corrected chi connectivity index (χ4v) is 3.05. The van der Waals surface area contributed by atoms with Crippen LogP contribution in [-0.2, 0) is 16.0 Å². The van der Waals surface area contributed by atoms with Gasteiger partial charge in [-0.15, -0.1) is 11.3 Å². The summed E-state index contributed by atoms with van der Waals surface area (Å²) in [5.74, 6) is 0.299. The maximum atomic E-state index is 11.9. The second kappa shape index (κ2) is 5.65. The highest BCUT2D eigenvalue weighted by molar-refractivity contribution is 7.09. The predicted molar refractivity (Wildman–Crippen MR) is 72.6 cm³/mol. The highest BCUT2D eigenvalue weighted by Gasteiger charge is 2.34. The minimum Gasteiger partial charge on any atom is -0.342 e. The second-order valence-corrected chi connectivity index (χ2v) is 6.16. The van der Waals surface area contributed by atoms with Crippen molar-refractivity contribution in [1.82, 2.24) is 4.90 Å². The van der Waals surface area contributed by atoms with Crippen molar-refractivity contribution in [3.8, 4) is 0 Å². The number of hydrogen-bond acceptors (Lipinski definition) is 3. The smallest absolute Gasteiger partial charge is 0.223 e. The van der Waals surface area contributed by atoms with Gasteiger partial charge in [-0.25, -0.2) is 0 Å². The Labute approximate surface area is 112 Å². The molecule has 0 spiro atoms. The summed E-state index contributed by atoms with van der Waals surface area (Å²) in [5.41, 5.74) is 0. The molecule has 4 heteroatoms. The summed E-state index contributed by atoms with van der Waals surface area (Å²) in [5, 5.41) is 2.05. The number of nitrogens with zero attached hydrogens (tertiary/aromatic N) is 1. The zero-order chi connectivity index (χ0) is 13.1. The molecule has 0 bridgehead atoms. The Hall–Kier alpha value is -1.16. The molecule has 2 heterocycles. The van der Waals surface area contributed by atoms with Crippen molar-refractivity contribution in [3.05, 3.63) is 22.4 Å². The number of thiophene rings is 1. The van der Waals surface area contributed by atoms with Crippen LogP contribution in [0.25, 0.3) is 0 Å². The minimum absolute atomic E-state index is 0.0278. The highest BCUT2D eigenvalue weighted by Crippen LogP contribution is 2.22. The van der Waals surface area contributed by atoms with E-state index < -0.39 is 0 Å². The molecule has 0 radical (unpaired) electrons. The Kier molecular flexibility index (Phi) is 4.17. The van der Waals surface area contributed by atoms with Crippen molar-refractivity contribution in [1.29, 1.82) is 0 Å². The first-order valence-electron chi connectivity index (χ1n) is 6.42. The van der Waals surface area contributed by atoms with Crippen LogP contribution in [0.5, 0.6) is 0 Å². The Morgan fingerprint density at radius 2 is 2.33 bits per heavy atom. The molecule has 18 heavy (non-hydrogen) atoms. The van der Waals surface area contributed by atoms with Crippen molar-refractivity contribution < 1.29 is 9.59 Å². The maximum Gasteiger partial charge on any atom is 0.223 e. The first kappa shape index (κ1) is 13.3. The molecular formula is C14H19NO2S. The molecule has 0 N–H and O–H groups in total. The summed E-state index contributed by atoms with van der Waals surface area (Å²) >= 11 is 1.71. The summed E-state index contributed by atoms with van der Waals surface area (Å²) in [6, 6.07) is 4.11. The van der Waals surface area contributed by atoms with Crippen molar-refractivity contribution in [2.45, 2.75) is 26.7 Å². The lowest BCUT2D eigenvalue weighted by atomic mass is 9.95. The number of ketones is 1. The Morgan fingerprint density at radius 3 is 2.94 bits per heavy atom. The van der Waals surface area contributed by atoms with Crippen molar-refractivity contribution in [2.24, 2.45) is 11.8 Å². The minimum atomic E-state index is -0.0826. The molecule has 0 aliphatic carbocycles. The van der Waals surface area contributed by atoms with Crippen molar-refractivity contribution in [3.63, 3.8) is 0 Å². The highest BCUT2D eigenvalue weighted by atomic mass is 32.1. The normalized spacial score (nSPS) is 19.8. The number of amides is 1. The van der Waals surface area contributed by atoms with Gasteiger partial charge in [0.05, 0.1) is 0 Å². The van der Waals surface area contributed by atoms with E-state index in [-0.39, 0.29) is 23.5 Å². The van der Waals surface area contributed by atoms with Crippen LogP contribution in [0.3, 0.4) is 0 Å². The lowest BCUT2D eigenvalue weighted by Crippen LogP contribution is -2.29. The van der Waals surface area contributed by atoms with E-state index >= 15 is 0 Å². The molecule has 0 saturated carbocycles. The molecule has 3 nitrogen and oxygen atoms in total. The van der Waals surface area contributed by atoms with Gasteiger partial charge in [0, 0.05) is 36.2 Å². The van der Waals surface area contributed by atoms with Crippen LogP contribution < -0.4 is 0 Å². The van der Waals surface area contributed by atoms with Gasteiger partial charge in [0.1, 0.15) is 5.78 Å². The van der Waals surface area contributed by atoms with E-state index in [1.165, 1.54) is 4.88 Å². The van der Waals surface area contributed by atoms with Gasteiger partial charge in [0.2, 0.25) is 5.91 Å². The number of likely N-dealkylation sites (tertiary alicyclic amines) is 1. The first-order valence-corrected chi connectivity index (χ1v) is 7.29. The molecule has 0 aromatic carbocycles. The third-order valence-electron chi connectivity index (χ3n) is 3.39. The van der Waals surface area contributed by atoms with Gasteiger partial charge in [0.25, 0.3) is 0 Å². The van der Waals surface area contributed by atoms with Gasteiger partial charge >= 0.3 is 0 Å². The van der Waals surface area contributed by atoms with Gasteiger partial charge in [-0.1, -0.05) is 19.9 Å². The van der Waals surface area contributed by atoms with Crippen LogP contribution in [0, 0.1) is 11.8 Å². The van der Waals surface area contributed by atoms with Gasteiger partial charge in [-0.05, 0) is 17.9 Å². The standard InChI is InChI=1S/C14H19NO2S/c1-10(2)14(17)11-8-13(16)15(9-11)6-5-12-4-3-7-18-12/h3-4,7,10-11H,5-6,8-9H2,1-2H3. The molecule has 98 valence electrons. The van der Waals surface area contributed by atoms with E-state index in [1.54, 1.807) is 11.3 Å². The molecule has 1 unspecified atom stereocenters. The van der Waals surface area contributed by atoms with E-state index in [1.807, 2.05) is 30.2 Å². The Morgan fingerprint density at radius 1 is 1.56 bits per heavy atom. The van der Waals surface area contributed by atoms with Gasteiger partial charge in [0.15, 0.2) is 0 Å². The molecule has 2 rings (SSSR count). The summed E-state index contributed by atoms with van der Waals surface area (Å²) in [4.78, 5) is 26.9. The van der Waals surface area contributed by atoms with Gasteiger partial charge < -0.3 is 4.90 Å². The maximum absolute atomic E-state index is 11.9. The monoisotopic (exact) mass is 265 g/mol. The Bertz CT molecular complexity index is 425. The molecule has 1 aliphatic rings. The molecule has 1 aromatic rings. The quantitative estimate of drug-likeness (QED) is 0.819. The van der Waals surface area contributed by atoms with Crippen LogP contribution in [0.15, 0.2) is 17.5 Å². The number of hydrogen-bond donors (Lipinski definition) is 0. The zero-order valence-electron chi connectivity index (χ0n) is 10.9. The number of carbonyl (C=O) groups excluding carboxylic acids is 2. The topological polar surface area (TPSA) is 37.4 Å². The molecule has 1 atom stereocenters. The Balaban J connectivity index is 1.87. The second-order valence-electron chi connectivity index (χ2n) is 5.13. The number of Topliss-reactive ketones (excluding diaryl/α,β-unsaturated/α-hetero) is 1. The molecule has 1 aliphatic heterocycles. The summed E-state index contributed by atoms with van der Waals surface area (Å²) in [6.45, 7) is 5.16. The van der Waals surface area contributed by atoms with Crippen molar-refractivity contribution >= 4 is 23.0 Å². The van der Waals surface area contributed by atoms with E-state index in [0.717, 1.165) is 13.0 Å².